The Labute approximate surface area is 132 Å². The minimum Gasteiger partial charge on any atom is -0.348 e. The highest BCUT2D eigenvalue weighted by Crippen LogP contribution is 2.35. The van der Waals surface area contributed by atoms with Crippen molar-refractivity contribution in [3.8, 4) is 0 Å². The van der Waals surface area contributed by atoms with Crippen LogP contribution in [0.4, 0.5) is 0 Å². The highest BCUT2D eigenvalue weighted by molar-refractivity contribution is 7.88. The van der Waals surface area contributed by atoms with E-state index in [1.807, 2.05) is 30.3 Å². The maximum Gasteiger partial charge on any atom is 0.235 e. The van der Waals surface area contributed by atoms with Crippen molar-refractivity contribution in [1.82, 2.24) is 9.62 Å². The van der Waals surface area contributed by atoms with Crippen LogP contribution in [-0.4, -0.2) is 38.5 Å². The van der Waals surface area contributed by atoms with Crippen LogP contribution in [0.25, 0.3) is 0 Å². The molecule has 22 heavy (non-hydrogen) atoms. The zero-order valence-electron chi connectivity index (χ0n) is 13.2. The van der Waals surface area contributed by atoms with Crippen LogP contribution in [0.15, 0.2) is 30.3 Å². The summed E-state index contributed by atoms with van der Waals surface area (Å²) < 4.78 is 23.9. The fourth-order valence-corrected chi connectivity index (χ4v) is 3.31. The molecule has 0 unspecified atom stereocenters. The monoisotopic (exact) mass is 324 g/mol. The number of nitrogens with one attached hydrogen (secondary N) is 1. The average molecular weight is 324 g/mol. The third kappa shape index (κ3) is 4.55. The number of carbonyl (C=O) groups is 1. The molecular formula is C16H24N2O3S. The lowest BCUT2D eigenvalue weighted by molar-refractivity contribution is -0.122. The fourth-order valence-electron chi connectivity index (χ4n) is 2.96. The molecular weight excluding hydrogens is 300 g/mol. The summed E-state index contributed by atoms with van der Waals surface area (Å²) >= 11 is 0. The molecule has 6 heteroatoms. The smallest absolute Gasteiger partial charge is 0.235 e. The van der Waals surface area contributed by atoms with Crippen molar-refractivity contribution in [2.24, 2.45) is 5.92 Å². The Morgan fingerprint density at radius 2 is 1.86 bits per heavy atom. The lowest BCUT2D eigenvalue weighted by atomic mass is 9.91. The van der Waals surface area contributed by atoms with Crippen molar-refractivity contribution in [3.63, 3.8) is 0 Å². The molecule has 2 rings (SSSR count). The second kappa shape index (κ2) is 7.24. The first kappa shape index (κ1) is 17.0. The number of sulfonamides is 1. The van der Waals surface area contributed by atoms with Gasteiger partial charge in [-0.25, -0.2) is 8.42 Å². The second-order valence-corrected chi connectivity index (χ2v) is 8.11. The molecule has 1 fully saturated rings. The van der Waals surface area contributed by atoms with E-state index in [9.17, 15) is 13.2 Å². The number of nitrogens with zero attached hydrogens (tertiary/aromatic N) is 1. The maximum absolute atomic E-state index is 12.2. The molecule has 1 aromatic rings. The van der Waals surface area contributed by atoms with E-state index in [1.54, 1.807) is 0 Å². The fraction of sp³-hybridized carbons (Fsp3) is 0.562. The van der Waals surface area contributed by atoms with Gasteiger partial charge in [0.15, 0.2) is 0 Å². The molecule has 0 aliphatic heterocycles. The topological polar surface area (TPSA) is 66.5 Å². The van der Waals surface area contributed by atoms with E-state index in [0.717, 1.165) is 29.0 Å². The molecule has 0 heterocycles. The number of carbonyl (C=O) groups excluding carboxylic acids is 1. The molecule has 1 saturated carbocycles. The minimum atomic E-state index is -3.34. The summed E-state index contributed by atoms with van der Waals surface area (Å²) in [6, 6.07) is 9.88. The molecule has 1 N–H and O–H groups in total. The first-order chi connectivity index (χ1) is 10.4. The van der Waals surface area contributed by atoms with E-state index >= 15 is 0 Å². The van der Waals surface area contributed by atoms with Gasteiger partial charge in [0.1, 0.15) is 0 Å². The van der Waals surface area contributed by atoms with E-state index < -0.39 is 10.0 Å². The van der Waals surface area contributed by atoms with Gasteiger partial charge in [0.25, 0.3) is 0 Å². The summed E-state index contributed by atoms with van der Waals surface area (Å²) in [6.45, 7) is -0.144. The van der Waals surface area contributed by atoms with Gasteiger partial charge in [-0.3, -0.25) is 4.79 Å². The van der Waals surface area contributed by atoms with Crippen LogP contribution < -0.4 is 5.32 Å². The number of benzene rings is 1. The Hall–Kier alpha value is -1.40. The highest BCUT2D eigenvalue weighted by Gasteiger charge is 2.28. The zero-order chi connectivity index (χ0) is 16.2. The molecule has 1 aromatic carbocycles. The summed E-state index contributed by atoms with van der Waals surface area (Å²) in [4.78, 5) is 12.2. The van der Waals surface area contributed by atoms with Gasteiger partial charge < -0.3 is 5.32 Å². The zero-order valence-corrected chi connectivity index (χ0v) is 14.0. The molecule has 1 aliphatic carbocycles. The Kier molecular flexibility index (Phi) is 5.58. The van der Waals surface area contributed by atoms with E-state index in [0.29, 0.717) is 5.92 Å². The van der Waals surface area contributed by atoms with Gasteiger partial charge in [0.2, 0.25) is 15.9 Å². The van der Waals surface area contributed by atoms with E-state index in [-0.39, 0.29) is 18.5 Å². The van der Waals surface area contributed by atoms with Gasteiger partial charge in [0.05, 0.1) is 18.8 Å². The predicted octanol–water partition coefficient (Wildman–Crippen LogP) is 1.93. The quantitative estimate of drug-likeness (QED) is 0.869. The minimum absolute atomic E-state index is 0.0378. The van der Waals surface area contributed by atoms with E-state index in [2.05, 4.69) is 5.32 Å². The third-order valence-corrected chi connectivity index (χ3v) is 5.54. The summed E-state index contributed by atoms with van der Waals surface area (Å²) in [5.74, 6) is 0.170. The highest BCUT2D eigenvalue weighted by atomic mass is 32.2. The van der Waals surface area contributed by atoms with Gasteiger partial charge in [-0.1, -0.05) is 43.2 Å². The van der Waals surface area contributed by atoms with Crippen molar-refractivity contribution < 1.29 is 13.2 Å². The average Bonchev–Trinajstić information content (AvgIpc) is 2.98. The summed E-state index contributed by atoms with van der Waals surface area (Å²) in [6.07, 6.45) is 5.68. The first-order valence-corrected chi connectivity index (χ1v) is 9.48. The van der Waals surface area contributed by atoms with Crippen LogP contribution >= 0.6 is 0 Å². The van der Waals surface area contributed by atoms with Gasteiger partial charge >= 0.3 is 0 Å². The van der Waals surface area contributed by atoms with Crippen molar-refractivity contribution in [3.05, 3.63) is 35.9 Å². The predicted molar refractivity (Wildman–Crippen MR) is 86.8 cm³/mol. The van der Waals surface area contributed by atoms with Gasteiger partial charge in [-0.2, -0.15) is 4.31 Å². The number of hydrogen-bond acceptors (Lipinski definition) is 3. The van der Waals surface area contributed by atoms with E-state index in [4.69, 9.17) is 0 Å². The van der Waals surface area contributed by atoms with Crippen molar-refractivity contribution >= 4 is 15.9 Å². The standard InChI is InChI=1S/C16H24N2O3S/c1-18(22(2,20)21)12-15(19)17-16(14-10-6-7-11-14)13-8-4-3-5-9-13/h3-5,8-9,14,16H,6-7,10-12H2,1-2H3,(H,17,19)/t16-/m0/s1. The SMILES string of the molecule is CN(CC(=O)N[C@@H](c1ccccc1)C1CCCC1)S(C)(=O)=O. The Morgan fingerprint density at radius 1 is 1.27 bits per heavy atom. The number of hydrogen-bond donors (Lipinski definition) is 1. The van der Waals surface area contributed by atoms with Crippen LogP contribution in [-0.2, 0) is 14.8 Å². The van der Waals surface area contributed by atoms with Gasteiger partial charge in [0, 0.05) is 7.05 Å². The Bertz CT molecular complexity index is 595. The Balaban J connectivity index is 2.08. The number of amides is 1. The van der Waals surface area contributed by atoms with Crippen LogP contribution in [0.2, 0.25) is 0 Å². The van der Waals surface area contributed by atoms with Crippen molar-refractivity contribution in [1.29, 1.82) is 0 Å². The van der Waals surface area contributed by atoms with Crippen LogP contribution in [0.1, 0.15) is 37.3 Å². The molecule has 1 atom stereocenters. The van der Waals surface area contributed by atoms with Gasteiger partial charge in [-0.05, 0) is 24.3 Å². The number of likely N-dealkylation sites (N-methyl/N-ethyl adjacent to an activating group) is 1. The van der Waals surface area contributed by atoms with Crippen molar-refractivity contribution in [2.45, 2.75) is 31.7 Å². The molecule has 0 radical (unpaired) electrons. The van der Waals surface area contributed by atoms with Crippen LogP contribution in [0.3, 0.4) is 0 Å². The van der Waals surface area contributed by atoms with Crippen LogP contribution in [0.5, 0.6) is 0 Å². The van der Waals surface area contributed by atoms with Gasteiger partial charge in [-0.15, -0.1) is 0 Å². The first-order valence-electron chi connectivity index (χ1n) is 7.63. The largest absolute Gasteiger partial charge is 0.348 e. The molecule has 0 aromatic heterocycles. The third-order valence-electron chi connectivity index (χ3n) is 4.28. The number of rotatable bonds is 6. The van der Waals surface area contributed by atoms with E-state index in [1.165, 1.54) is 19.9 Å². The normalized spacial score (nSPS) is 17.6. The van der Waals surface area contributed by atoms with Crippen LogP contribution in [0, 0.1) is 5.92 Å². The summed E-state index contributed by atoms with van der Waals surface area (Å²) in [5.41, 5.74) is 1.09. The lowest BCUT2D eigenvalue weighted by Gasteiger charge is -2.26. The summed E-state index contributed by atoms with van der Waals surface area (Å²) in [7, 11) is -1.93. The summed E-state index contributed by atoms with van der Waals surface area (Å²) in [5, 5.41) is 3.03. The molecule has 0 spiro atoms. The molecule has 1 amide bonds. The molecule has 0 bridgehead atoms. The van der Waals surface area contributed by atoms with Crippen molar-refractivity contribution in [2.75, 3.05) is 19.8 Å². The second-order valence-electron chi connectivity index (χ2n) is 6.02. The maximum atomic E-state index is 12.2. The molecule has 122 valence electrons. The lowest BCUT2D eigenvalue weighted by Crippen LogP contribution is -2.41. The molecule has 1 aliphatic rings. The molecule has 0 saturated heterocycles. The Morgan fingerprint density at radius 3 is 2.41 bits per heavy atom. The molecule has 5 nitrogen and oxygen atoms in total.